The molecule has 0 radical (unpaired) electrons. The lowest BCUT2D eigenvalue weighted by atomic mass is 10.0. The number of carbonyl (C=O) groups is 3. The van der Waals surface area contributed by atoms with E-state index in [2.05, 4.69) is 28.1 Å². The molecule has 2 rings (SSSR count). The molecule has 0 spiro atoms. The second-order valence-electron chi connectivity index (χ2n) is 5.28. The molecular weight excluding hydrogens is 354 g/mol. The third kappa shape index (κ3) is 4.45. The van der Waals surface area contributed by atoms with Gasteiger partial charge in [0.1, 0.15) is 0 Å². The third-order valence-corrected chi connectivity index (χ3v) is 3.74. The summed E-state index contributed by atoms with van der Waals surface area (Å²) in [6.45, 7) is 5.17. The van der Waals surface area contributed by atoms with Gasteiger partial charge in [0.15, 0.2) is 11.0 Å². The number of hydrogen-bond donors (Lipinski definition) is 4. The fraction of sp³-hybridized carbons (Fsp3) is 0.176. The number of carbonyl (C=O) groups excluding carboxylic acids is 3. The van der Waals surface area contributed by atoms with Gasteiger partial charge in [0.05, 0.1) is 0 Å². The van der Waals surface area contributed by atoms with Crippen molar-refractivity contribution in [1.82, 2.24) is 21.1 Å². The number of hydrogen-bond acceptors (Lipinski definition) is 5. The highest BCUT2D eigenvalue weighted by molar-refractivity contribution is 7.80. The van der Waals surface area contributed by atoms with Gasteiger partial charge < -0.3 is 10.7 Å². The molecule has 0 saturated carbocycles. The summed E-state index contributed by atoms with van der Waals surface area (Å²) in [5.74, 6) is -2.53. The van der Waals surface area contributed by atoms with E-state index in [0.717, 1.165) is 10.6 Å². The predicted molar refractivity (Wildman–Crippen MR) is 102 cm³/mol. The Kier molecular flexibility index (Phi) is 6.45. The molecule has 1 aromatic carbocycles. The first-order valence-corrected chi connectivity index (χ1v) is 8.20. The van der Waals surface area contributed by atoms with Crippen LogP contribution in [-0.4, -0.2) is 34.4 Å². The van der Waals surface area contributed by atoms with Crippen molar-refractivity contribution in [3.05, 3.63) is 54.8 Å². The number of imide groups is 2. The van der Waals surface area contributed by atoms with E-state index in [9.17, 15) is 14.4 Å². The molecule has 1 atom stereocenters. The zero-order valence-corrected chi connectivity index (χ0v) is 14.9. The van der Waals surface area contributed by atoms with E-state index in [1.807, 2.05) is 30.3 Å². The summed E-state index contributed by atoms with van der Waals surface area (Å²) in [5.41, 5.74) is 6.53. The van der Waals surface area contributed by atoms with Crippen molar-refractivity contribution < 1.29 is 14.4 Å². The van der Waals surface area contributed by atoms with Gasteiger partial charge in [-0.3, -0.25) is 25.2 Å². The molecule has 1 aliphatic heterocycles. The minimum atomic E-state index is -1.19. The average Bonchev–Trinajstić information content (AvgIpc) is 2.62. The largest absolute Gasteiger partial charge is 0.331 e. The summed E-state index contributed by atoms with van der Waals surface area (Å²) in [5, 5.41) is 5.36. The SMILES string of the molecule is C=CCN1C(=O)NC(=O)C(C(=CC)NNC(=S)Nc2ccccc2)C1=O. The van der Waals surface area contributed by atoms with Crippen molar-refractivity contribution >= 4 is 40.9 Å². The maximum absolute atomic E-state index is 12.5. The number of para-hydroxylation sites is 1. The van der Waals surface area contributed by atoms with Crippen LogP contribution in [0.25, 0.3) is 0 Å². The average molecular weight is 373 g/mol. The van der Waals surface area contributed by atoms with Crippen LogP contribution in [0.15, 0.2) is 54.8 Å². The Labute approximate surface area is 156 Å². The predicted octanol–water partition coefficient (Wildman–Crippen LogP) is 1.26. The summed E-state index contributed by atoms with van der Waals surface area (Å²) >= 11 is 5.17. The number of allylic oxidation sites excluding steroid dienone is 1. The number of hydrazine groups is 1. The highest BCUT2D eigenvalue weighted by Crippen LogP contribution is 2.17. The van der Waals surface area contributed by atoms with Crippen LogP contribution in [0.2, 0.25) is 0 Å². The quantitative estimate of drug-likeness (QED) is 0.258. The van der Waals surface area contributed by atoms with E-state index in [4.69, 9.17) is 12.2 Å². The van der Waals surface area contributed by atoms with Crippen LogP contribution in [-0.2, 0) is 9.59 Å². The highest BCUT2D eigenvalue weighted by Gasteiger charge is 2.42. The smallest absolute Gasteiger partial charge is 0.331 e. The van der Waals surface area contributed by atoms with Gasteiger partial charge in [0, 0.05) is 17.9 Å². The van der Waals surface area contributed by atoms with Gasteiger partial charge in [-0.25, -0.2) is 4.79 Å². The molecule has 0 aliphatic carbocycles. The number of anilines is 1. The van der Waals surface area contributed by atoms with Crippen LogP contribution in [0.1, 0.15) is 6.92 Å². The lowest BCUT2D eigenvalue weighted by molar-refractivity contribution is -0.140. The number of nitrogens with one attached hydrogen (secondary N) is 4. The molecule has 0 bridgehead atoms. The number of nitrogens with zero attached hydrogens (tertiary/aromatic N) is 1. The van der Waals surface area contributed by atoms with Crippen molar-refractivity contribution in [3.8, 4) is 0 Å². The van der Waals surface area contributed by atoms with E-state index in [1.165, 1.54) is 6.08 Å². The molecule has 26 heavy (non-hydrogen) atoms. The number of thiocarbonyl (C=S) groups is 1. The van der Waals surface area contributed by atoms with Gasteiger partial charge >= 0.3 is 6.03 Å². The number of barbiturate groups is 1. The minimum absolute atomic E-state index is 0.00679. The fourth-order valence-corrected chi connectivity index (χ4v) is 2.48. The van der Waals surface area contributed by atoms with Gasteiger partial charge in [-0.15, -0.1) is 6.58 Å². The van der Waals surface area contributed by atoms with Gasteiger partial charge in [-0.05, 0) is 31.3 Å². The Morgan fingerprint density at radius 2 is 1.96 bits per heavy atom. The molecule has 1 unspecified atom stereocenters. The second-order valence-corrected chi connectivity index (χ2v) is 5.69. The van der Waals surface area contributed by atoms with E-state index in [0.29, 0.717) is 0 Å². The number of urea groups is 1. The first-order valence-electron chi connectivity index (χ1n) is 7.79. The monoisotopic (exact) mass is 373 g/mol. The van der Waals surface area contributed by atoms with Gasteiger partial charge in [-0.1, -0.05) is 30.4 Å². The van der Waals surface area contributed by atoms with Crippen LogP contribution in [0, 0.1) is 5.92 Å². The lowest BCUT2D eigenvalue weighted by Crippen LogP contribution is -2.60. The van der Waals surface area contributed by atoms with E-state index in [1.54, 1.807) is 13.0 Å². The molecule has 8 nitrogen and oxygen atoms in total. The molecule has 4 N–H and O–H groups in total. The second kappa shape index (κ2) is 8.77. The Morgan fingerprint density at radius 3 is 2.58 bits per heavy atom. The van der Waals surface area contributed by atoms with E-state index < -0.39 is 23.8 Å². The van der Waals surface area contributed by atoms with Crippen molar-refractivity contribution in [1.29, 1.82) is 0 Å². The normalized spacial score (nSPS) is 17.4. The zero-order chi connectivity index (χ0) is 19.1. The molecule has 1 aromatic rings. The van der Waals surface area contributed by atoms with Crippen molar-refractivity contribution in [2.45, 2.75) is 6.92 Å². The third-order valence-electron chi connectivity index (χ3n) is 3.54. The van der Waals surface area contributed by atoms with Crippen LogP contribution >= 0.6 is 12.2 Å². The van der Waals surface area contributed by atoms with E-state index >= 15 is 0 Å². The zero-order valence-electron chi connectivity index (χ0n) is 14.1. The molecule has 136 valence electrons. The number of benzene rings is 1. The Bertz CT molecular complexity index is 763. The highest BCUT2D eigenvalue weighted by atomic mass is 32.1. The van der Waals surface area contributed by atoms with Crippen LogP contribution in [0.4, 0.5) is 10.5 Å². The Hall–Kier alpha value is -3.20. The lowest BCUT2D eigenvalue weighted by Gasteiger charge is -2.31. The first-order chi connectivity index (χ1) is 12.5. The Balaban J connectivity index is 2.03. The molecule has 1 aliphatic rings. The van der Waals surface area contributed by atoms with Crippen LogP contribution in [0.5, 0.6) is 0 Å². The standard InChI is InChI=1S/C17H19N5O3S/c1-3-10-22-15(24)13(14(23)19-17(22)25)12(4-2)20-21-16(26)18-11-8-6-5-7-9-11/h3-9,13,20H,1,10H2,2H3,(H2,18,21,26)(H,19,23,25). The summed E-state index contributed by atoms with van der Waals surface area (Å²) in [7, 11) is 0. The maximum Gasteiger partial charge on any atom is 0.331 e. The summed E-state index contributed by atoms with van der Waals surface area (Å²) < 4.78 is 0. The maximum atomic E-state index is 12.5. The summed E-state index contributed by atoms with van der Waals surface area (Å²) in [4.78, 5) is 37.3. The van der Waals surface area contributed by atoms with Crippen LogP contribution in [0.3, 0.4) is 0 Å². The molecule has 0 aromatic heterocycles. The molecule has 1 saturated heterocycles. The molecule has 4 amide bonds. The summed E-state index contributed by atoms with van der Waals surface area (Å²) in [6, 6.07) is 8.49. The number of rotatable bonds is 6. The van der Waals surface area contributed by atoms with Gasteiger partial charge in [0.25, 0.3) is 0 Å². The van der Waals surface area contributed by atoms with Crippen molar-refractivity contribution in [3.63, 3.8) is 0 Å². The molecule has 9 heteroatoms. The topological polar surface area (TPSA) is 103 Å². The van der Waals surface area contributed by atoms with E-state index in [-0.39, 0.29) is 17.4 Å². The van der Waals surface area contributed by atoms with Crippen molar-refractivity contribution in [2.75, 3.05) is 11.9 Å². The van der Waals surface area contributed by atoms with Gasteiger partial charge in [0.2, 0.25) is 11.8 Å². The molecule has 1 heterocycles. The minimum Gasteiger partial charge on any atom is -0.331 e. The molecular formula is C17H19N5O3S. The van der Waals surface area contributed by atoms with Gasteiger partial charge in [-0.2, -0.15) is 0 Å². The Morgan fingerprint density at radius 1 is 1.27 bits per heavy atom. The fourth-order valence-electron chi connectivity index (χ4n) is 2.31. The van der Waals surface area contributed by atoms with Crippen LogP contribution < -0.4 is 21.5 Å². The first kappa shape index (κ1) is 19.1. The number of amides is 4. The summed E-state index contributed by atoms with van der Waals surface area (Å²) in [6.07, 6.45) is 2.96. The van der Waals surface area contributed by atoms with Crippen molar-refractivity contribution in [2.24, 2.45) is 5.92 Å². The molecule has 1 fully saturated rings.